The van der Waals surface area contributed by atoms with E-state index >= 15 is 0 Å². The summed E-state index contributed by atoms with van der Waals surface area (Å²) in [6.45, 7) is 1.86. The molecule has 0 atom stereocenters. The van der Waals surface area contributed by atoms with Crippen LogP contribution < -0.4 is 0 Å². The predicted octanol–water partition coefficient (Wildman–Crippen LogP) is 3.39. The Morgan fingerprint density at radius 3 is 2.62 bits per heavy atom. The van der Waals surface area contributed by atoms with Gasteiger partial charge in [-0.2, -0.15) is 0 Å². The molecule has 0 bridgehead atoms. The third-order valence-corrected chi connectivity index (χ3v) is 1.85. The molecule has 0 N–H and O–H groups in total. The molecule has 13 heavy (non-hydrogen) atoms. The maximum atomic E-state index is 12.8. The van der Waals surface area contributed by atoms with Gasteiger partial charge in [0.05, 0.1) is 0 Å². The molecule has 1 nitrogen and oxygen atoms in total. The average Bonchev–Trinajstić information content (AvgIpc) is 2.52. The number of furan rings is 1. The van der Waals surface area contributed by atoms with Crippen molar-refractivity contribution in [2.45, 2.75) is 6.92 Å². The Morgan fingerprint density at radius 1 is 1.15 bits per heavy atom. The van der Waals surface area contributed by atoms with Crippen molar-refractivity contribution in [2.24, 2.45) is 0 Å². The van der Waals surface area contributed by atoms with Crippen molar-refractivity contribution in [1.82, 2.24) is 0 Å². The highest BCUT2D eigenvalue weighted by Crippen LogP contribution is 2.21. The van der Waals surface area contributed by atoms with E-state index in [1.54, 1.807) is 6.07 Å². The molecule has 1 aromatic carbocycles. The molecule has 2 rings (SSSR count). The highest BCUT2D eigenvalue weighted by Gasteiger charge is 2.02. The Morgan fingerprint density at radius 2 is 2.00 bits per heavy atom. The van der Waals surface area contributed by atoms with Crippen LogP contribution in [0, 0.1) is 12.7 Å². The van der Waals surface area contributed by atoms with Crippen LogP contribution in [0.3, 0.4) is 0 Å². The van der Waals surface area contributed by atoms with E-state index in [-0.39, 0.29) is 5.82 Å². The fraction of sp³-hybridized carbons (Fsp3) is 0.0909. The number of halogens is 1. The fourth-order valence-corrected chi connectivity index (χ4v) is 1.23. The molecule has 1 heterocycles. The lowest BCUT2D eigenvalue weighted by atomic mass is 10.2. The first-order valence-electron chi connectivity index (χ1n) is 4.08. The molecule has 0 saturated heterocycles. The van der Waals surface area contributed by atoms with Gasteiger partial charge in [-0.3, -0.25) is 0 Å². The summed E-state index contributed by atoms with van der Waals surface area (Å²) in [5, 5.41) is 0. The molecular weight excluding hydrogens is 167 g/mol. The molecule has 0 radical (unpaired) electrons. The van der Waals surface area contributed by atoms with Crippen molar-refractivity contribution in [3.8, 4) is 11.3 Å². The number of benzene rings is 1. The van der Waals surface area contributed by atoms with Gasteiger partial charge >= 0.3 is 0 Å². The molecule has 0 aliphatic carbocycles. The van der Waals surface area contributed by atoms with Crippen molar-refractivity contribution in [2.75, 3.05) is 0 Å². The molecule has 0 fully saturated rings. The Hall–Kier alpha value is -1.57. The molecular formula is C11H9FO. The first kappa shape index (κ1) is 8.05. The zero-order valence-electron chi connectivity index (χ0n) is 7.25. The second kappa shape index (κ2) is 3.05. The van der Waals surface area contributed by atoms with E-state index in [1.165, 1.54) is 12.1 Å². The first-order valence-corrected chi connectivity index (χ1v) is 4.08. The number of hydrogen-bond acceptors (Lipinski definition) is 1. The molecule has 0 spiro atoms. The minimum Gasteiger partial charge on any atom is -0.461 e. The average molecular weight is 176 g/mol. The lowest BCUT2D eigenvalue weighted by Gasteiger charge is -1.95. The summed E-state index contributed by atoms with van der Waals surface area (Å²) in [6.07, 6.45) is 0. The summed E-state index contributed by atoms with van der Waals surface area (Å²) < 4.78 is 18.2. The highest BCUT2D eigenvalue weighted by molar-refractivity contribution is 5.57. The lowest BCUT2D eigenvalue weighted by Crippen LogP contribution is -1.75. The topological polar surface area (TPSA) is 13.1 Å². The van der Waals surface area contributed by atoms with Crippen molar-refractivity contribution in [1.29, 1.82) is 0 Å². The normalized spacial score (nSPS) is 10.3. The van der Waals surface area contributed by atoms with Gasteiger partial charge in [0.25, 0.3) is 0 Å². The van der Waals surface area contributed by atoms with Gasteiger partial charge in [-0.05, 0) is 31.2 Å². The molecule has 0 amide bonds. The van der Waals surface area contributed by atoms with Crippen molar-refractivity contribution in [3.63, 3.8) is 0 Å². The van der Waals surface area contributed by atoms with Crippen LogP contribution in [-0.4, -0.2) is 0 Å². The molecule has 0 saturated carbocycles. The van der Waals surface area contributed by atoms with Gasteiger partial charge in [-0.25, -0.2) is 4.39 Å². The van der Waals surface area contributed by atoms with Gasteiger partial charge in [0.2, 0.25) is 0 Å². The summed E-state index contributed by atoms with van der Waals surface area (Å²) in [5.74, 6) is 1.29. The van der Waals surface area contributed by atoms with Gasteiger partial charge in [0, 0.05) is 5.56 Å². The van der Waals surface area contributed by atoms with Crippen LogP contribution in [-0.2, 0) is 0 Å². The SMILES string of the molecule is Cc1ccc(-c2cccc(F)c2)o1. The van der Waals surface area contributed by atoms with Crippen molar-refractivity contribution < 1.29 is 8.81 Å². The van der Waals surface area contributed by atoms with Crippen molar-refractivity contribution in [3.05, 3.63) is 48.0 Å². The summed E-state index contributed by atoms with van der Waals surface area (Å²) >= 11 is 0. The standard InChI is InChI=1S/C11H9FO/c1-8-5-6-11(13-8)9-3-2-4-10(12)7-9/h2-7H,1H3. The van der Waals surface area contributed by atoms with Gasteiger partial charge < -0.3 is 4.42 Å². The Bertz CT molecular complexity index is 418. The quantitative estimate of drug-likeness (QED) is 0.649. The summed E-state index contributed by atoms with van der Waals surface area (Å²) in [5.41, 5.74) is 0.771. The van der Waals surface area contributed by atoms with Gasteiger partial charge in [-0.1, -0.05) is 12.1 Å². The summed E-state index contributed by atoms with van der Waals surface area (Å²) in [4.78, 5) is 0. The Balaban J connectivity index is 2.46. The molecule has 66 valence electrons. The second-order valence-electron chi connectivity index (χ2n) is 2.92. The van der Waals surface area contributed by atoms with E-state index in [4.69, 9.17) is 4.42 Å². The van der Waals surface area contributed by atoms with Gasteiger partial charge in [0.1, 0.15) is 17.3 Å². The maximum Gasteiger partial charge on any atom is 0.134 e. The minimum atomic E-state index is -0.244. The molecule has 0 aliphatic rings. The number of rotatable bonds is 1. The van der Waals surface area contributed by atoms with E-state index < -0.39 is 0 Å². The monoisotopic (exact) mass is 176 g/mol. The smallest absolute Gasteiger partial charge is 0.134 e. The van der Waals surface area contributed by atoms with E-state index in [9.17, 15) is 4.39 Å². The second-order valence-corrected chi connectivity index (χ2v) is 2.92. The highest BCUT2D eigenvalue weighted by atomic mass is 19.1. The number of aryl methyl sites for hydroxylation is 1. The number of hydrogen-bond donors (Lipinski definition) is 0. The molecule has 0 unspecified atom stereocenters. The van der Waals surface area contributed by atoms with Gasteiger partial charge in [0.15, 0.2) is 0 Å². The van der Waals surface area contributed by atoms with Gasteiger partial charge in [-0.15, -0.1) is 0 Å². The molecule has 2 heteroatoms. The zero-order chi connectivity index (χ0) is 9.26. The fourth-order valence-electron chi connectivity index (χ4n) is 1.23. The van der Waals surface area contributed by atoms with E-state index in [1.807, 2.05) is 25.1 Å². The zero-order valence-corrected chi connectivity index (χ0v) is 7.25. The Kier molecular flexibility index (Phi) is 1.89. The van der Waals surface area contributed by atoms with Crippen molar-refractivity contribution >= 4 is 0 Å². The minimum absolute atomic E-state index is 0.244. The van der Waals surface area contributed by atoms with E-state index in [0.29, 0.717) is 5.76 Å². The van der Waals surface area contributed by atoms with Crippen LogP contribution in [0.15, 0.2) is 40.8 Å². The Labute approximate surface area is 75.8 Å². The summed E-state index contributed by atoms with van der Waals surface area (Å²) in [7, 11) is 0. The van der Waals surface area contributed by atoms with Crippen LogP contribution >= 0.6 is 0 Å². The predicted molar refractivity (Wildman–Crippen MR) is 48.8 cm³/mol. The van der Waals surface area contributed by atoms with Crippen LogP contribution in [0.4, 0.5) is 4.39 Å². The third kappa shape index (κ3) is 1.61. The largest absolute Gasteiger partial charge is 0.461 e. The summed E-state index contributed by atoms with van der Waals surface area (Å²) in [6, 6.07) is 10.1. The lowest BCUT2D eigenvalue weighted by molar-refractivity contribution is 0.547. The third-order valence-electron chi connectivity index (χ3n) is 1.85. The molecule has 0 aliphatic heterocycles. The van der Waals surface area contributed by atoms with Crippen LogP contribution in [0.1, 0.15) is 5.76 Å². The molecule has 1 aromatic heterocycles. The van der Waals surface area contributed by atoms with E-state index in [2.05, 4.69) is 0 Å². The molecule has 2 aromatic rings. The van der Waals surface area contributed by atoms with Crippen LogP contribution in [0.2, 0.25) is 0 Å². The van der Waals surface area contributed by atoms with Crippen LogP contribution in [0.5, 0.6) is 0 Å². The van der Waals surface area contributed by atoms with Crippen LogP contribution in [0.25, 0.3) is 11.3 Å². The van der Waals surface area contributed by atoms with E-state index in [0.717, 1.165) is 11.3 Å². The first-order chi connectivity index (χ1) is 6.25. The maximum absolute atomic E-state index is 12.8.